The summed E-state index contributed by atoms with van der Waals surface area (Å²) >= 11 is 0. The van der Waals surface area contributed by atoms with Gasteiger partial charge >= 0.3 is 12.0 Å². The summed E-state index contributed by atoms with van der Waals surface area (Å²) in [6, 6.07) is -0.553. The van der Waals surface area contributed by atoms with E-state index in [1.807, 2.05) is 20.8 Å². The number of carbonyl (C=O) groups excluding carboxylic acids is 2. The number of nitrogens with zero attached hydrogens (tertiary/aromatic N) is 2. The molecule has 5 heteroatoms. The van der Waals surface area contributed by atoms with Gasteiger partial charge in [-0.2, -0.15) is 0 Å². The number of rotatable bonds is 1. The zero-order chi connectivity index (χ0) is 13.2. The largest absolute Gasteiger partial charge is 0.458 e. The first kappa shape index (κ1) is 13.8. The van der Waals surface area contributed by atoms with Crippen LogP contribution in [0.5, 0.6) is 0 Å². The Kier molecular flexibility index (Phi) is 4.01. The molecule has 17 heavy (non-hydrogen) atoms. The summed E-state index contributed by atoms with van der Waals surface area (Å²) in [6.07, 6.45) is 1.54. The fraction of sp³-hybridized carbons (Fsp3) is 0.833. The predicted molar refractivity (Wildman–Crippen MR) is 64.7 cm³/mol. The molecule has 1 aliphatic rings. The molecule has 0 aliphatic carbocycles. The van der Waals surface area contributed by atoms with Crippen molar-refractivity contribution in [1.82, 2.24) is 9.80 Å². The van der Waals surface area contributed by atoms with E-state index in [9.17, 15) is 9.59 Å². The van der Waals surface area contributed by atoms with Crippen molar-refractivity contribution in [3.63, 3.8) is 0 Å². The van der Waals surface area contributed by atoms with Gasteiger partial charge in [0.25, 0.3) is 0 Å². The van der Waals surface area contributed by atoms with Crippen molar-refractivity contribution in [3.8, 4) is 0 Å². The molecule has 0 spiro atoms. The number of hydrogen-bond acceptors (Lipinski definition) is 3. The molecule has 1 heterocycles. The molecule has 0 bridgehead atoms. The fourth-order valence-electron chi connectivity index (χ4n) is 1.87. The van der Waals surface area contributed by atoms with Gasteiger partial charge < -0.3 is 14.5 Å². The van der Waals surface area contributed by atoms with E-state index in [2.05, 4.69) is 0 Å². The predicted octanol–water partition coefficient (Wildman–Crippen LogP) is 1.47. The summed E-state index contributed by atoms with van der Waals surface area (Å²) in [5.74, 6) is -0.301. The highest BCUT2D eigenvalue weighted by atomic mass is 16.6. The molecule has 1 rings (SSSR count). The van der Waals surface area contributed by atoms with Crippen LogP contribution >= 0.6 is 0 Å². The van der Waals surface area contributed by atoms with Gasteiger partial charge in [-0.25, -0.2) is 9.59 Å². The maximum absolute atomic E-state index is 12.0. The average Bonchev–Trinajstić information content (AvgIpc) is 2.61. The second kappa shape index (κ2) is 4.94. The van der Waals surface area contributed by atoms with Crippen LogP contribution in [0.2, 0.25) is 0 Å². The molecule has 0 aromatic heterocycles. The summed E-state index contributed by atoms with van der Waals surface area (Å²) in [5, 5.41) is 0. The molecule has 1 aliphatic heterocycles. The monoisotopic (exact) mass is 242 g/mol. The van der Waals surface area contributed by atoms with Gasteiger partial charge in [0.15, 0.2) is 0 Å². The third-order valence-corrected chi connectivity index (χ3v) is 2.56. The van der Waals surface area contributed by atoms with Crippen LogP contribution in [0.15, 0.2) is 0 Å². The zero-order valence-corrected chi connectivity index (χ0v) is 11.3. The minimum absolute atomic E-state index is 0.127. The van der Waals surface area contributed by atoms with Gasteiger partial charge in [0.05, 0.1) is 0 Å². The van der Waals surface area contributed by atoms with E-state index in [1.165, 1.54) is 4.90 Å². The molecule has 0 radical (unpaired) electrons. The Labute approximate surface area is 103 Å². The third kappa shape index (κ3) is 3.61. The van der Waals surface area contributed by atoms with E-state index in [4.69, 9.17) is 4.74 Å². The highest BCUT2D eigenvalue weighted by Crippen LogP contribution is 2.21. The lowest BCUT2D eigenvalue weighted by molar-refractivity contribution is -0.159. The van der Waals surface area contributed by atoms with Crippen LogP contribution in [0, 0.1) is 0 Å². The van der Waals surface area contributed by atoms with Crippen molar-refractivity contribution in [2.75, 3.05) is 20.6 Å². The van der Waals surface area contributed by atoms with Crippen LogP contribution in [0.3, 0.4) is 0 Å². The Hall–Kier alpha value is -1.26. The van der Waals surface area contributed by atoms with E-state index in [1.54, 1.807) is 19.0 Å². The molecule has 2 amide bonds. The minimum atomic E-state index is -0.507. The smallest absolute Gasteiger partial charge is 0.329 e. The molecule has 1 atom stereocenters. The molecule has 0 aromatic rings. The lowest BCUT2D eigenvalue weighted by Crippen LogP contribution is -2.47. The van der Waals surface area contributed by atoms with Gasteiger partial charge in [0.2, 0.25) is 0 Å². The topological polar surface area (TPSA) is 49.9 Å². The molecule has 98 valence electrons. The first-order valence-electron chi connectivity index (χ1n) is 5.93. The molecule has 0 unspecified atom stereocenters. The molecule has 0 N–H and O–H groups in total. The molecule has 0 aromatic carbocycles. The Morgan fingerprint density at radius 3 is 2.35 bits per heavy atom. The molecule has 0 saturated carbocycles. The van der Waals surface area contributed by atoms with Crippen molar-refractivity contribution in [1.29, 1.82) is 0 Å². The van der Waals surface area contributed by atoms with Crippen LogP contribution < -0.4 is 0 Å². The second-order valence-electron chi connectivity index (χ2n) is 5.56. The third-order valence-electron chi connectivity index (χ3n) is 2.56. The number of amides is 2. The van der Waals surface area contributed by atoms with E-state index < -0.39 is 11.6 Å². The molecular formula is C12H22N2O3. The zero-order valence-electron chi connectivity index (χ0n) is 11.3. The number of likely N-dealkylation sites (tertiary alicyclic amines) is 1. The van der Waals surface area contributed by atoms with Gasteiger partial charge in [0.1, 0.15) is 11.6 Å². The number of esters is 1. The van der Waals surface area contributed by atoms with E-state index in [0.717, 1.165) is 6.42 Å². The van der Waals surface area contributed by atoms with Crippen LogP contribution in [0.1, 0.15) is 33.6 Å². The molecule has 5 nitrogen and oxygen atoms in total. The number of ether oxygens (including phenoxy) is 1. The van der Waals surface area contributed by atoms with Crippen molar-refractivity contribution >= 4 is 12.0 Å². The average molecular weight is 242 g/mol. The summed E-state index contributed by atoms with van der Waals surface area (Å²) in [5.41, 5.74) is -0.507. The fourth-order valence-corrected chi connectivity index (χ4v) is 1.87. The van der Waals surface area contributed by atoms with Crippen LogP contribution in [0.25, 0.3) is 0 Å². The Bertz CT molecular complexity index is 307. The van der Waals surface area contributed by atoms with Gasteiger partial charge in [0, 0.05) is 20.6 Å². The van der Waals surface area contributed by atoms with Crippen LogP contribution in [-0.4, -0.2) is 54.1 Å². The number of carbonyl (C=O) groups is 2. The lowest BCUT2D eigenvalue weighted by atomic mass is 10.1. The van der Waals surface area contributed by atoms with Crippen molar-refractivity contribution in [2.24, 2.45) is 0 Å². The van der Waals surface area contributed by atoms with E-state index in [-0.39, 0.29) is 12.0 Å². The Morgan fingerprint density at radius 2 is 1.88 bits per heavy atom. The maximum Gasteiger partial charge on any atom is 0.329 e. The van der Waals surface area contributed by atoms with Gasteiger partial charge in [-0.15, -0.1) is 0 Å². The Balaban J connectivity index is 2.70. The summed E-state index contributed by atoms with van der Waals surface area (Å²) < 4.78 is 5.33. The first-order chi connectivity index (χ1) is 7.72. The summed E-state index contributed by atoms with van der Waals surface area (Å²) in [7, 11) is 3.37. The van der Waals surface area contributed by atoms with Crippen molar-refractivity contribution in [3.05, 3.63) is 0 Å². The quantitative estimate of drug-likeness (QED) is 0.654. The van der Waals surface area contributed by atoms with Crippen LogP contribution in [0.4, 0.5) is 4.79 Å². The van der Waals surface area contributed by atoms with Crippen molar-refractivity contribution in [2.45, 2.75) is 45.3 Å². The molecular weight excluding hydrogens is 220 g/mol. The normalized spacial score (nSPS) is 20.3. The van der Waals surface area contributed by atoms with E-state index >= 15 is 0 Å². The van der Waals surface area contributed by atoms with Crippen LogP contribution in [-0.2, 0) is 9.53 Å². The Morgan fingerprint density at radius 1 is 1.29 bits per heavy atom. The number of urea groups is 1. The van der Waals surface area contributed by atoms with Gasteiger partial charge in [-0.05, 0) is 33.6 Å². The minimum Gasteiger partial charge on any atom is -0.458 e. The highest BCUT2D eigenvalue weighted by molar-refractivity contribution is 5.84. The SMILES string of the molecule is CN(C)C(=O)N1CCC[C@H]1C(=O)OC(C)(C)C. The number of hydrogen-bond donors (Lipinski definition) is 0. The lowest BCUT2D eigenvalue weighted by Gasteiger charge is -2.29. The molecule has 1 saturated heterocycles. The maximum atomic E-state index is 12.0. The summed E-state index contributed by atoms with van der Waals surface area (Å²) in [6.45, 7) is 6.12. The van der Waals surface area contributed by atoms with E-state index in [0.29, 0.717) is 13.0 Å². The van der Waals surface area contributed by atoms with Gasteiger partial charge in [-0.3, -0.25) is 0 Å². The summed E-state index contributed by atoms with van der Waals surface area (Å²) in [4.78, 5) is 26.9. The first-order valence-corrected chi connectivity index (χ1v) is 5.93. The highest BCUT2D eigenvalue weighted by Gasteiger charge is 2.37. The second-order valence-corrected chi connectivity index (χ2v) is 5.56. The molecule has 1 fully saturated rings. The van der Waals surface area contributed by atoms with Gasteiger partial charge in [-0.1, -0.05) is 0 Å². The van der Waals surface area contributed by atoms with Crippen molar-refractivity contribution < 1.29 is 14.3 Å². The standard InChI is InChI=1S/C12H22N2O3/c1-12(2,3)17-10(15)9-7-6-8-14(9)11(16)13(4)5/h9H,6-8H2,1-5H3/t9-/m0/s1.